The third kappa shape index (κ3) is 4.21. The normalized spacial score (nSPS) is 40.8. The van der Waals surface area contributed by atoms with E-state index in [1.807, 2.05) is 0 Å². The first-order valence-electron chi connectivity index (χ1n) is 8.83. The molecule has 2 aliphatic carbocycles. The zero-order chi connectivity index (χ0) is 14.7. The molecule has 0 aromatic rings. The summed E-state index contributed by atoms with van der Waals surface area (Å²) in [4.78, 5) is 0. The van der Waals surface area contributed by atoms with Gasteiger partial charge in [0, 0.05) is 0 Å². The molecule has 0 bridgehead atoms. The van der Waals surface area contributed by atoms with Gasteiger partial charge < -0.3 is 10.2 Å². The highest BCUT2D eigenvalue weighted by Crippen LogP contribution is 2.40. The molecule has 0 aromatic carbocycles. The highest BCUT2D eigenvalue weighted by atomic mass is 16.3. The van der Waals surface area contributed by atoms with E-state index >= 15 is 0 Å². The summed E-state index contributed by atoms with van der Waals surface area (Å²) in [6.07, 6.45) is 9.11. The van der Waals surface area contributed by atoms with Gasteiger partial charge in [-0.2, -0.15) is 0 Å². The Bertz CT molecular complexity index is 289. The van der Waals surface area contributed by atoms with Crippen molar-refractivity contribution in [3.8, 4) is 0 Å². The molecule has 2 N–H and O–H groups in total. The quantitative estimate of drug-likeness (QED) is 0.818. The van der Waals surface area contributed by atoms with Crippen LogP contribution in [0.25, 0.3) is 0 Å². The van der Waals surface area contributed by atoms with Crippen LogP contribution in [0.1, 0.15) is 72.1 Å². The molecule has 0 radical (unpaired) electrons. The minimum atomic E-state index is -0.0712. The molecule has 0 aliphatic heterocycles. The summed E-state index contributed by atoms with van der Waals surface area (Å²) in [6, 6.07) is 0. The van der Waals surface area contributed by atoms with Crippen molar-refractivity contribution >= 4 is 0 Å². The zero-order valence-corrected chi connectivity index (χ0v) is 13.6. The second-order valence-electron chi connectivity index (χ2n) is 7.95. The second-order valence-corrected chi connectivity index (χ2v) is 7.95. The van der Waals surface area contributed by atoms with Crippen LogP contribution in [0, 0.1) is 29.6 Å². The lowest BCUT2D eigenvalue weighted by molar-refractivity contribution is 0.0147. The smallest absolute Gasteiger partial charge is 0.0571 e. The minimum Gasteiger partial charge on any atom is -0.393 e. The minimum absolute atomic E-state index is 0.0483. The third-order valence-electron chi connectivity index (χ3n) is 6.02. The van der Waals surface area contributed by atoms with Gasteiger partial charge in [0.05, 0.1) is 12.2 Å². The molecule has 2 nitrogen and oxygen atoms in total. The van der Waals surface area contributed by atoms with Gasteiger partial charge in [0.1, 0.15) is 0 Å². The predicted octanol–water partition coefficient (Wildman–Crippen LogP) is 4.00. The Labute approximate surface area is 125 Å². The van der Waals surface area contributed by atoms with E-state index in [2.05, 4.69) is 20.8 Å². The molecule has 0 saturated heterocycles. The summed E-state index contributed by atoms with van der Waals surface area (Å²) in [5, 5.41) is 20.0. The second kappa shape index (κ2) is 7.26. The van der Waals surface area contributed by atoms with E-state index in [0.29, 0.717) is 11.8 Å². The van der Waals surface area contributed by atoms with Crippen LogP contribution in [-0.2, 0) is 0 Å². The van der Waals surface area contributed by atoms with Crippen molar-refractivity contribution in [2.45, 2.75) is 84.3 Å². The SMILES string of the molecule is CC(CC1CC[C@H](O)[C@H](C(C)C)C1)C1CCCC(O)C1. The standard InChI is InChI=1S/C18H34O2/c1-12(2)17-10-14(7-8-18(17)20)9-13(3)15-5-4-6-16(19)11-15/h12-20H,4-11H2,1-3H3/t13?,14?,15?,16?,17-,18-/m0/s1. The molecule has 2 heteroatoms. The van der Waals surface area contributed by atoms with Crippen molar-refractivity contribution in [3.05, 3.63) is 0 Å². The van der Waals surface area contributed by atoms with Crippen LogP contribution in [-0.4, -0.2) is 22.4 Å². The maximum absolute atomic E-state index is 10.1. The Hall–Kier alpha value is -0.0800. The Balaban J connectivity index is 1.83. The van der Waals surface area contributed by atoms with Gasteiger partial charge in [-0.15, -0.1) is 0 Å². The van der Waals surface area contributed by atoms with E-state index in [4.69, 9.17) is 0 Å². The summed E-state index contributed by atoms with van der Waals surface area (Å²) in [5.41, 5.74) is 0. The molecular formula is C18H34O2. The largest absolute Gasteiger partial charge is 0.393 e. The Morgan fingerprint density at radius 1 is 0.950 bits per heavy atom. The molecule has 0 heterocycles. The lowest BCUT2D eigenvalue weighted by Crippen LogP contribution is -2.34. The highest BCUT2D eigenvalue weighted by molar-refractivity contribution is 4.84. The van der Waals surface area contributed by atoms with Crippen molar-refractivity contribution in [1.82, 2.24) is 0 Å². The monoisotopic (exact) mass is 282 g/mol. The molecule has 0 aromatic heterocycles. The van der Waals surface area contributed by atoms with Crippen molar-refractivity contribution in [3.63, 3.8) is 0 Å². The van der Waals surface area contributed by atoms with Gasteiger partial charge >= 0.3 is 0 Å². The van der Waals surface area contributed by atoms with Gasteiger partial charge in [0.25, 0.3) is 0 Å². The van der Waals surface area contributed by atoms with Crippen LogP contribution < -0.4 is 0 Å². The van der Waals surface area contributed by atoms with Crippen LogP contribution in [0.4, 0.5) is 0 Å². The summed E-state index contributed by atoms with van der Waals surface area (Å²) in [7, 11) is 0. The van der Waals surface area contributed by atoms with Crippen molar-refractivity contribution < 1.29 is 10.2 Å². The van der Waals surface area contributed by atoms with E-state index in [1.54, 1.807) is 0 Å². The lowest BCUT2D eigenvalue weighted by atomic mass is 9.69. The van der Waals surface area contributed by atoms with Gasteiger partial charge in [0.15, 0.2) is 0 Å². The lowest BCUT2D eigenvalue weighted by Gasteiger charge is -2.38. The van der Waals surface area contributed by atoms with E-state index in [-0.39, 0.29) is 12.2 Å². The fourth-order valence-electron chi connectivity index (χ4n) is 4.65. The van der Waals surface area contributed by atoms with E-state index in [1.165, 1.54) is 32.1 Å². The molecule has 2 aliphatic rings. The predicted molar refractivity (Wildman–Crippen MR) is 83.4 cm³/mol. The van der Waals surface area contributed by atoms with Crippen LogP contribution in [0.15, 0.2) is 0 Å². The number of aliphatic hydroxyl groups is 2. The Morgan fingerprint density at radius 3 is 2.35 bits per heavy atom. The molecule has 4 unspecified atom stereocenters. The number of aliphatic hydroxyl groups excluding tert-OH is 2. The van der Waals surface area contributed by atoms with Gasteiger partial charge in [-0.1, -0.05) is 33.6 Å². The molecule has 20 heavy (non-hydrogen) atoms. The number of rotatable bonds is 4. The maximum atomic E-state index is 10.1. The van der Waals surface area contributed by atoms with Crippen LogP contribution in [0.5, 0.6) is 0 Å². The summed E-state index contributed by atoms with van der Waals surface area (Å²) >= 11 is 0. The average Bonchev–Trinajstić information content (AvgIpc) is 2.40. The van der Waals surface area contributed by atoms with Gasteiger partial charge in [-0.25, -0.2) is 0 Å². The van der Waals surface area contributed by atoms with Crippen LogP contribution >= 0.6 is 0 Å². The Morgan fingerprint density at radius 2 is 1.70 bits per heavy atom. The fraction of sp³-hybridized carbons (Fsp3) is 1.00. The van der Waals surface area contributed by atoms with Crippen molar-refractivity contribution in [2.24, 2.45) is 29.6 Å². The van der Waals surface area contributed by atoms with E-state index in [0.717, 1.165) is 37.0 Å². The fourth-order valence-corrected chi connectivity index (χ4v) is 4.65. The zero-order valence-electron chi connectivity index (χ0n) is 13.6. The first-order valence-corrected chi connectivity index (χ1v) is 8.83. The van der Waals surface area contributed by atoms with Gasteiger partial charge in [-0.3, -0.25) is 0 Å². The molecule has 2 saturated carbocycles. The van der Waals surface area contributed by atoms with E-state index < -0.39 is 0 Å². The first kappa shape index (κ1) is 16.3. The molecule has 6 atom stereocenters. The number of hydrogen-bond acceptors (Lipinski definition) is 2. The average molecular weight is 282 g/mol. The van der Waals surface area contributed by atoms with Gasteiger partial charge in [-0.05, 0) is 68.1 Å². The summed E-state index contributed by atoms with van der Waals surface area (Å²) in [6.45, 7) is 6.88. The summed E-state index contributed by atoms with van der Waals surface area (Å²) < 4.78 is 0. The molecule has 2 rings (SSSR count). The van der Waals surface area contributed by atoms with Crippen LogP contribution in [0.2, 0.25) is 0 Å². The summed E-state index contributed by atoms with van der Waals surface area (Å²) in [5.74, 6) is 3.35. The van der Waals surface area contributed by atoms with Crippen molar-refractivity contribution in [1.29, 1.82) is 0 Å². The van der Waals surface area contributed by atoms with Crippen molar-refractivity contribution in [2.75, 3.05) is 0 Å². The molecule has 118 valence electrons. The van der Waals surface area contributed by atoms with Gasteiger partial charge in [0.2, 0.25) is 0 Å². The highest BCUT2D eigenvalue weighted by Gasteiger charge is 2.33. The Kier molecular flexibility index (Phi) is 5.92. The van der Waals surface area contributed by atoms with Crippen LogP contribution in [0.3, 0.4) is 0 Å². The molecule has 2 fully saturated rings. The number of hydrogen-bond donors (Lipinski definition) is 2. The molecule has 0 amide bonds. The molecule has 0 spiro atoms. The topological polar surface area (TPSA) is 40.5 Å². The third-order valence-corrected chi connectivity index (χ3v) is 6.02. The maximum Gasteiger partial charge on any atom is 0.0571 e. The molecular weight excluding hydrogens is 248 g/mol. The van der Waals surface area contributed by atoms with E-state index in [9.17, 15) is 10.2 Å². The first-order chi connectivity index (χ1) is 9.47.